The number of aromatic nitrogens is 2. The van der Waals surface area contributed by atoms with Gasteiger partial charge >= 0.3 is 0 Å². The normalized spacial score (nSPS) is 10.4. The predicted octanol–water partition coefficient (Wildman–Crippen LogP) is 2.31. The van der Waals surface area contributed by atoms with E-state index in [4.69, 9.17) is 4.74 Å². The number of nitrogens with one attached hydrogen (secondary N) is 2. The van der Waals surface area contributed by atoms with Gasteiger partial charge in [0.15, 0.2) is 0 Å². The maximum atomic E-state index is 5.02. The van der Waals surface area contributed by atoms with Crippen molar-refractivity contribution in [3.8, 4) is 0 Å². The summed E-state index contributed by atoms with van der Waals surface area (Å²) in [6, 6.07) is 1.96. The molecule has 0 bridgehead atoms. The molecule has 0 spiro atoms. The second-order valence-corrected chi connectivity index (χ2v) is 4.11. The van der Waals surface area contributed by atoms with E-state index in [1.54, 1.807) is 7.11 Å². The predicted molar refractivity (Wildman–Crippen MR) is 75.2 cm³/mol. The van der Waals surface area contributed by atoms with E-state index in [2.05, 4.69) is 34.4 Å². The summed E-state index contributed by atoms with van der Waals surface area (Å²) < 4.78 is 5.02. The molecular weight excluding hydrogens is 228 g/mol. The maximum absolute atomic E-state index is 5.02. The molecule has 1 rings (SSSR count). The van der Waals surface area contributed by atoms with E-state index in [0.29, 0.717) is 0 Å². The number of aryl methyl sites for hydroxylation is 1. The first-order chi connectivity index (χ1) is 8.80. The lowest BCUT2D eigenvalue weighted by atomic mass is 10.4. The molecule has 0 amide bonds. The molecule has 0 unspecified atom stereocenters. The minimum absolute atomic E-state index is 0.764. The van der Waals surface area contributed by atoms with Crippen LogP contribution in [-0.2, 0) is 11.2 Å². The molecule has 0 saturated carbocycles. The molecular formula is C13H24N4O. The number of anilines is 2. The first kappa shape index (κ1) is 14.7. The van der Waals surface area contributed by atoms with E-state index in [0.717, 1.165) is 56.4 Å². The van der Waals surface area contributed by atoms with E-state index in [1.807, 2.05) is 6.07 Å². The van der Waals surface area contributed by atoms with Gasteiger partial charge in [0.1, 0.15) is 17.5 Å². The van der Waals surface area contributed by atoms with Gasteiger partial charge in [0, 0.05) is 39.3 Å². The first-order valence-corrected chi connectivity index (χ1v) is 6.64. The summed E-state index contributed by atoms with van der Waals surface area (Å²) >= 11 is 0. The Morgan fingerprint density at radius 3 is 2.33 bits per heavy atom. The number of rotatable bonds is 9. The van der Waals surface area contributed by atoms with E-state index in [1.165, 1.54) is 0 Å². The quantitative estimate of drug-likeness (QED) is 0.660. The average Bonchev–Trinajstić information content (AvgIpc) is 2.41. The zero-order valence-electron chi connectivity index (χ0n) is 11.6. The molecule has 0 fully saturated rings. The molecule has 5 nitrogen and oxygen atoms in total. The van der Waals surface area contributed by atoms with Crippen LogP contribution in [0.2, 0.25) is 0 Å². The molecule has 2 N–H and O–H groups in total. The SMILES string of the molecule is CCCNc1cc(NCCCOC)nc(CC)n1. The minimum Gasteiger partial charge on any atom is -0.385 e. The monoisotopic (exact) mass is 252 g/mol. The van der Waals surface area contributed by atoms with Crippen molar-refractivity contribution in [2.75, 3.05) is 37.4 Å². The van der Waals surface area contributed by atoms with E-state index >= 15 is 0 Å². The third-order valence-electron chi connectivity index (χ3n) is 2.48. The van der Waals surface area contributed by atoms with Gasteiger partial charge in [0.2, 0.25) is 0 Å². The first-order valence-electron chi connectivity index (χ1n) is 6.64. The molecule has 0 saturated heterocycles. The van der Waals surface area contributed by atoms with Crippen molar-refractivity contribution in [1.29, 1.82) is 0 Å². The van der Waals surface area contributed by atoms with Crippen molar-refractivity contribution in [1.82, 2.24) is 9.97 Å². The summed E-state index contributed by atoms with van der Waals surface area (Å²) in [4.78, 5) is 8.90. The van der Waals surface area contributed by atoms with Gasteiger partial charge in [0.25, 0.3) is 0 Å². The van der Waals surface area contributed by atoms with Crippen LogP contribution in [-0.4, -0.2) is 36.8 Å². The van der Waals surface area contributed by atoms with Crippen LogP contribution in [0.1, 0.15) is 32.5 Å². The van der Waals surface area contributed by atoms with Gasteiger partial charge in [0.05, 0.1) is 0 Å². The third kappa shape index (κ3) is 5.31. The standard InChI is InChI=1S/C13H24N4O/c1-4-7-14-12-10-13(15-8-6-9-18-3)17-11(5-2)16-12/h10H,4-9H2,1-3H3,(H2,14,15,16,17). The highest BCUT2D eigenvalue weighted by molar-refractivity contribution is 5.47. The molecule has 102 valence electrons. The molecule has 0 atom stereocenters. The Balaban J connectivity index is 2.58. The maximum Gasteiger partial charge on any atom is 0.132 e. The summed E-state index contributed by atoms with van der Waals surface area (Å²) in [6.45, 7) is 6.76. The minimum atomic E-state index is 0.764. The van der Waals surface area contributed by atoms with Crippen molar-refractivity contribution in [2.24, 2.45) is 0 Å². The summed E-state index contributed by atoms with van der Waals surface area (Å²) in [5.74, 6) is 2.65. The highest BCUT2D eigenvalue weighted by Gasteiger charge is 2.02. The number of nitrogens with zero attached hydrogens (tertiary/aromatic N) is 2. The lowest BCUT2D eigenvalue weighted by Crippen LogP contribution is -2.10. The van der Waals surface area contributed by atoms with Crippen LogP contribution in [0.15, 0.2) is 6.07 Å². The lowest BCUT2D eigenvalue weighted by molar-refractivity contribution is 0.198. The van der Waals surface area contributed by atoms with Crippen LogP contribution in [0.25, 0.3) is 0 Å². The van der Waals surface area contributed by atoms with Gasteiger partial charge in [-0.3, -0.25) is 0 Å². The second kappa shape index (κ2) is 8.69. The Bertz CT molecular complexity index is 344. The summed E-state index contributed by atoms with van der Waals surface area (Å²) in [5.41, 5.74) is 0. The van der Waals surface area contributed by atoms with Crippen molar-refractivity contribution in [3.63, 3.8) is 0 Å². The molecule has 5 heteroatoms. The van der Waals surface area contributed by atoms with Crippen molar-refractivity contribution in [2.45, 2.75) is 33.1 Å². The highest BCUT2D eigenvalue weighted by atomic mass is 16.5. The van der Waals surface area contributed by atoms with Crippen LogP contribution in [0.4, 0.5) is 11.6 Å². The fourth-order valence-electron chi connectivity index (χ4n) is 1.52. The fraction of sp³-hybridized carbons (Fsp3) is 0.692. The van der Waals surface area contributed by atoms with Crippen LogP contribution < -0.4 is 10.6 Å². The Morgan fingerprint density at radius 2 is 1.78 bits per heavy atom. The largest absolute Gasteiger partial charge is 0.385 e. The topological polar surface area (TPSA) is 59.1 Å². The van der Waals surface area contributed by atoms with Crippen LogP contribution in [0.5, 0.6) is 0 Å². The van der Waals surface area contributed by atoms with Gasteiger partial charge < -0.3 is 15.4 Å². The molecule has 0 aromatic carbocycles. The molecule has 18 heavy (non-hydrogen) atoms. The summed E-state index contributed by atoms with van der Waals surface area (Å²) in [5, 5.41) is 6.60. The lowest BCUT2D eigenvalue weighted by Gasteiger charge is -2.10. The van der Waals surface area contributed by atoms with E-state index < -0.39 is 0 Å². The Hall–Kier alpha value is -1.36. The fourth-order valence-corrected chi connectivity index (χ4v) is 1.52. The van der Waals surface area contributed by atoms with Crippen LogP contribution in [0.3, 0.4) is 0 Å². The molecule has 0 radical (unpaired) electrons. The van der Waals surface area contributed by atoms with Crippen molar-refractivity contribution >= 4 is 11.6 Å². The van der Waals surface area contributed by atoms with Gasteiger partial charge in [-0.1, -0.05) is 13.8 Å². The molecule has 0 aliphatic rings. The van der Waals surface area contributed by atoms with Gasteiger partial charge in [-0.15, -0.1) is 0 Å². The van der Waals surface area contributed by atoms with Gasteiger partial charge in [-0.05, 0) is 12.8 Å². The van der Waals surface area contributed by atoms with Gasteiger partial charge in [-0.2, -0.15) is 0 Å². The van der Waals surface area contributed by atoms with E-state index in [9.17, 15) is 0 Å². The van der Waals surface area contributed by atoms with E-state index in [-0.39, 0.29) is 0 Å². The molecule has 1 aromatic rings. The van der Waals surface area contributed by atoms with Crippen LogP contribution >= 0.6 is 0 Å². The Morgan fingerprint density at radius 1 is 1.11 bits per heavy atom. The number of methoxy groups -OCH3 is 1. The highest BCUT2D eigenvalue weighted by Crippen LogP contribution is 2.11. The van der Waals surface area contributed by atoms with Crippen molar-refractivity contribution in [3.05, 3.63) is 11.9 Å². The molecule has 0 aliphatic heterocycles. The zero-order chi connectivity index (χ0) is 13.2. The molecule has 1 heterocycles. The Kier molecular flexibility index (Phi) is 7.10. The third-order valence-corrected chi connectivity index (χ3v) is 2.48. The summed E-state index contributed by atoms with van der Waals surface area (Å²) in [6.07, 6.45) is 2.90. The molecule has 1 aromatic heterocycles. The zero-order valence-corrected chi connectivity index (χ0v) is 11.6. The average molecular weight is 252 g/mol. The van der Waals surface area contributed by atoms with Crippen LogP contribution in [0, 0.1) is 0 Å². The number of ether oxygens (including phenoxy) is 1. The molecule has 0 aliphatic carbocycles. The smallest absolute Gasteiger partial charge is 0.132 e. The number of hydrogen-bond donors (Lipinski definition) is 2. The van der Waals surface area contributed by atoms with Crippen molar-refractivity contribution < 1.29 is 4.74 Å². The van der Waals surface area contributed by atoms with Gasteiger partial charge in [-0.25, -0.2) is 9.97 Å². The summed E-state index contributed by atoms with van der Waals surface area (Å²) in [7, 11) is 1.71. The number of hydrogen-bond acceptors (Lipinski definition) is 5. The second-order valence-electron chi connectivity index (χ2n) is 4.11. The Labute approximate surface area is 109 Å².